The van der Waals surface area contributed by atoms with Gasteiger partial charge in [0.25, 0.3) is 0 Å². The zero-order valence-electron chi connectivity index (χ0n) is 6.76. The lowest BCUT2D eigenvalue weighted by molar-refractivity contribution is 0.686. The third-order valence-corrected chi connectivity index (χ3v) is 2.18. The van der Waals surface area contributed by atoms with Crippen molar-refractivity contribution in [2.45, 2.75) is 25.4 Å². The second-order valence-electron chi connectivity index (χ2n) is 3.14. The minimum absolute atomic E-state index is 0.560. The molecular formula is C9H11ClN2. The minimum atomic E-state index is 0.560. The van der Waals surface area contributed by atoms with Crippen molar-refractivity contribution < 1.29 is 0 Å². The highest BCUT2D eigenvalue weighted by molar-refractivity contribution is 6.29. The number of rotatable bonds is 3. The number of nitrogens with zero attached hydrogens (tertiary/aromatic N) is 1. The summed E-state index contributed by atoms with van der Waals surface area (Å²) in [6, 6.07) is 4.58. The van der Waals surface area contributed by atoms with Gasteiger partial charge in [0, 0.05) is 18.8 Å². The molecule has 1 fully saturated rings. The summed E-state index contributed by atoms with van der Waals surface area (Å²) >= 11 is 5.66. The normalized spacial score (nSPS) is 16.4. The fourth-order valence-electron chi connectivity index (χ4n) is 1.06. The van der Waals surface area contributed by atoms with Crippen LogP contribution in [0.5, 0.6) is 0 Å². The van der Waals surface area contributed by atoms with Gasteiger partial charge in [-0.3, -0.25) is 0 Å². The van der Waals surface area contributed by atoms with Crippen LogP contribution in [0.1, 0.15) is 18.4 Å². The molecule has 1 N–H and O–H groups in total. The van der Waals surface area contributed by atoms with Gasteiger partial charge in [0.05, 0.1) is 0 Å². The summed E-state index contributed by atoms with van der Waals surface area (Å²) in [6.45, 7) is 0.912. The van der Waals surface area contributed by atoms with Crippen LogP contribution in [-0.2, 0) is 6.54 Å². The van der Waals surface area contributed by atoms with E-state index in [0.29, 0.717) is 5.15 Å². The van der Waals surface area contributed by atoms with Gasteiger partial charge in [-0.15, -0.1) is 0 Å². The second kappa shape index (κ2) is 3.42. The van der Waals surface area contributed by atoms with Crippen LogP contribution in [0.4, 0.5) is 0 Å². The Kier molecular flexibility index (Phi) is 2.28. The standard InChI is InChI=1S/C9H11ClN2/c10-9-4-1-7(6-12-9)5-11-8-2-3-8/h1,4,6,8,11H,2-3,5H2. The van der Waals surface area contributed by atoms with Crippen molar-refractivity contribution >= 4 is 11.6 Å². The number of nitrogens with one attached hydrogen (secondary N) is 1. The molecule has 0 spiro atoms. The molecule has 3 heteroatoms. The second-order valence-corrected chi connectivity index (χ2v) is 3.53. The van der Waals surface area contributed by atoms with Gasteiger partial charge in [-0.25, -0.2) is 4.98 Å². The molecule has 2 rings (SSSR count). The van der Waals surface area contributed by atoms with Crippen LogP contribution in [0.2, 0.25) is 5.15 Å². The van der Waals surface area contributed by atoms with E-state index in [-0.39, 0.29) is 0 Å². The van der Waals surface area contributed by atoms with E-state index in [0.717, 1.165) is 12.6 Å². The Bertz CT molecular complexity index is 254. The van der Waals surface area contributed by atoms with Crippen LogP contribution in [0, 0.1) is 0 Å². The molecule has 0 aliphatic heterocycles. The van der Waals surface area contributed by atoms with Gasteiger partial charge in [-0.05, 0) is 24.5 Å². The highest BCUT2D eigenvalue weighted by Gasteiger charge is 2.19. The SMILES string of the molecule is Clc1ccc(CNC2CC2)cn1. The van der Waals surface area contributed by atoms with Gasteiger partial charge in [0.2, 0.25) is 0 Å². The third kappa shape index (κ3) is 2.19. The van der Waals surface area contributed by atoms with E-state index < -0.39 is 0 Å². The number of pyridine rings is 1. The zero-order valence-corrected chi connectivity index (χ0v) is 7.51. The van der Waals surface area contributed by atoms with E-state index in [1.165, 1.54) is 18.4 Å². The van der Waals surface area contributed by atoms with Crippen molar-refractivity contribution in [3.8, 4) is 0 Å². The molecule has 2 nitrogen and oxygen atoms in total. The molecule has 1 aliphatic rings. The summed E-state index contributed by atoms with van der Waals surface area (Å²) in [5.74, 6) is 0. The highest BCUT2D eigenvalue weighted by atomic mass is 35.5. The lowest BCUT2D eigenvalue weighted by Gasteiger charge is -2.01. The van der Waals surface area contributed by atoms with Crippen molar-refractivity contribution in [3.63, 3.8) is 0 Å². The average molecular weight is 183 g/mol. The van der Waals surface area contributed by atoms with Crippen molar-refractivity contribution in [1.29, 1.82) is 0 Å². The largest absolute Gasteiger partial charge is 0.310 e. The van der Waals surface area contributed by atoms with Gasteiger partial charge in [0.1, 0.15) is 5.15 Å². The highest BCUT2D eigenvalue weighted by Crippen LogP contribution is 2.19. The summed E-state index contributed by atoms with van der Waals surface area (Å²) < 4.78 is 0. The third-order valence-electron chi connectivity index (χ3n) is 1.96. The van der Waals surface area contributed by atoms with Gasteiger partial charge >= 0.3 is 0 Å². The summed E-state index contributed by atoms with van der Waals surface area (Å²) in [5, 5.41) is 3.97. The average Bonchev–Trinajstić information content (AvgIpc) is 2.87. The molecular weight excluding hydrogens is 172 g/mol. The van der Waals surface area contributed by atoms with E-state index in [9.17, 15) is 0 Å². The Balaban J connectivity index is 1.89. The molecule has 1 saturated carbocycles. The first-order valence-corrected chi connectivity index (χ1v) is 4.56. The summed E-state index contributed by atoms with van der Waals surface area (Å²) in [6.07, 6.45) is 4.46. The Hall–Kier alpha value is -0.600. The Morgan fingerprint density at radius 3 is 2.92 bits per heavy atom. The minimum Gasteiger partial charge on any atom is -0.310 e. The van der Waals surface area contributed by atoms with Crippen LogP contribution in [0.15, 0.2) is 18.3 Å². The van der Waals surface area contributed by atoms with Crippen LogP contribution in [0.3, 0.4) is 0 Å². The zero-order chi connectivity index (χ0) is 8.39. The van der Waals surface area contributed by atoms with Crippen LogP contribution in [0.25, 0.3) is 0 Å². The lowest BCUT2D eigenvalue weighted by Crippen LogP contribution is -2.15. The molecule has 0 unspecified atom stereocenters. The van der Waals surface area contributed by atoms with E-state index in [2.05, 4.69) is 10.3 Å². The molecule has 0 aromatic carbocycles. The molecule has 0 bridgehead atoms. The predicted octanol–water partition coefficient (Wildman–Crippen LogP) is 1.99. The Morgan fingerprint density at radius 2 is 2.33 bits per heavy atom. The van der Waals surface area contributed by atoms with Crippen LogP contribution in [-0.4, -0.2) is 11.0 Å². The molecule has 0 atom stereocenters. The fraction of sp³-hybridized carbons (Fsp3) is 0.444. The van der Waals surface area contributed by atoms with Gasteiger partial charge in [-0.1, -0.05) is 17.7 Å². The predicted molar refractivity (Wildman–Crippen MR) is 49.1 cm³/mol. The molecule has 1 aromatic rings. The Morgan fingerprint density at radius 1 is 1.50 bits per heavy atom. The summed E-state index contributed by atoms with van der Waals surface area (Å²) in [5.41, 5.74) is 1.20. The lowest BCUT2D eigenvalue weighted by atomic mass is 10.3. The van der Waals surface area contributed by atoms with Crippen molar-refractivity contribution in [1.82, 2.24) is 10.3 Å². The smallest absolute Gasteiger partial charge is 0.129 e. The summed E-state index contributed by atoms with van der Waals surface area (Å²) in [7, 11) is 0. The molecule has 0 amide bonds. The first-order chi connectivity index (χ1) is 5.84. The molecule has 0 saturated heterocycles. The van der Waals surface area contributed by atoms with Crippen LogP contribution < -0.4 is 5.32 Å². The Labute approximate surface area is 77.0 Å². The number of hydrogen-bond donors (Lipinski definition) is 1. The monoisotopic (exact) mass is 182 g/mol. The van der Waals surface area contributed by atoms with Crippen molar-refractivity contribution in [2.75, 3.05) is 0 Å². The van der Waals surface area contributed by atoms with E-state index in [1.807, 2.05) is 18.3 Å². The molecule has 1 heterocycles. The molecule has 64 valence electrons. The van der Waals surface area contributed by atoms with Gasteiger partial charge in [-0.2, -0.15) is 0 Å². The quantitative estimate of drug-likeness (QED) is 0.724. The van der Waals surface area contributed by atoms with E-state index >= 15 is 0 Å². The van der Waals surface area contributed by atoms with Crippen molar-refractivity contribution in [2.24, 2.45) is 0 Å². The van der Waals surface area contributed by atoms with Crippen LogP contribution >= 0.6 is 11.6 Å². The van der Waals surface area contributed by atoms with E-state index in [4.69, 9.17) is 11.6 Å². The first-order valence-electron chi connectivity index (χ1n) is 4.18. The molecule has 1 aromatic heterocycles. The number of aromatic nitrogens is 1. The number of halogens is 1. The first kappa shape index (κ1) is 8.02. The van der Waals surface area contributed by atoms with Gasteiger partial charge < -0.3 is 5.32 Å². The van der Waals surface area contributed by atoms with Crippen molar-refractivity contribution in [3.05, 3.63) is 29.0 Å². The maximum atomic E-state index is 5.66. The van der Waals surface area contributed by atoms with Gasteiger partial charge in [0.15, 0.2) is 0 Å². The number of hydrogen-bond acceptors (Lipinski definition) is 2. The molecule has 12 heavy (non-hydrogen) atoms. The van der Waals surface area contributed by atoms with E-state index in [1.54, 1.807) is 0 Å². The fourth-order valence-corrected chi connectivity index (χ4v) is 1.17. The molecule has 1 aliphatic carbocycles. The maximum absolute atomic E-state index is 5.66. The molecule has 0 radical (unpaired) electrons. The topological polar surface area (TPSA) is 24.9 Å². The summed E-state index contributed by atoms with van der Waals surface area (Å²) in [4.78, 5) is 4.00. The maximum Gasteiger partial charge on any atom is 0.129 e.